The summed E-state index contributed by atoms with van der Waals surface area (Å²) < 4.78 is 5.80. The Morgan fingerprint density at radius 2 is 0.625 bits per heavy atom. The van der Waals surface area contributed by atoms with Gasteiger partial charge in [-0.15, -0.1) is 0 Å². The van der Waals surface area contributed by atoms with E-state index in [1.807, 2.05) is 0 Å². The Balaban J connectivity index is 6.80. The molecule has 0 aliphatic heterocycles. The van der Waals surface area contributed by atoms with Gasteiger partial charge in [-0.1, -0.05) is 0 Å². The maximum absolute atomic E-state index is 4.23. The second-order valence-electron chi connectivity index (χ2n) is 4.79. The Morgan fingerprint density at radius 3 is 0.625 bits per heavy atom. The third-order valence-electron chi connectivity index (χ3n) is 3.82. The second-order valence-corrected chi connectivity index (χ2v) is 22.1. The van der Waals surface area contributed by atoms with Gasteiger partial charge in [0.15, 0.2) is 0 Å². The molecule has 0 atom stereocenters. The number of rotatable bonds is 5. The Labute approximate surface area is 102 Å². The number of hydrogen-bond donors (Lipinski definition) is 0. The van der Waals surface area contributed by atoms with Gasteiger partial charge >= 0.3 is 103 Å². The van der Waals surface area contributed by atoms with E-state index in [1.54, 1.807) is 0 Å². The van der Waals surface area contributed by atoms with Gasteiger partial charge in [-0.3, -0.25) is 0 Å². The molecule has 0 rings (SSSR count). The van der Waals surface area contributed by atoms with E-state index in [0.29, 0.717) is 0 Å². The molecule has 0 fully saturated rings. The molecule has 0 radical (unpaired) electrons. The van der Waals surface area contributed by atoms with Crippen molar-refractivity contribution in [1.29, 1.82) is 0 Å². The first-order valence-corrected chi connectivity index (χ1v) is 11.8. The van der Waals surface area contributed by atoms with Gasteiger partial charge in [-0.25, -0.2) is 0 Å². The molecule has 0 spiro atoms. The van der Waals surface area contributed by atoms with Crippen LogP contribution in [0.15, 0.2) is 50.5 Å². The molecule has 0 aliphatic carbocycles. The molecule has 0 nitrogen and oxygen atoms in total. The van der Waals surface area contributed by atoms with Crippen LogP contribution in [0.1, 0.15) is 34.6 Å². The third-order valence-corrected chi connectivity index (χ3v) is 25.6. The minimum atomic E-state index is -3.65. The summed E-state index contributed by atoms with van der Waals surface area (Å²) >= 11 is -3.65. The van der Waals surface area contributed by atoms with E-state index >= 15 is 0 Å². The van der Waals surface area contributed by atoms with Crippen LogP contribution in [0.3, 0.4) is 0 Å². The fourth-order valence-electron chi connectivity index (χ4n) is 3.26. The second kappa shape index (κ2) is 4.41. The molecule has 0 saturated heterocycles. The standard InChI is InChI=1S/5C3H5.Sb/c5*1-3-2;/h5*1H2,2H3;. The van der Waals surface area contributed by atoms with Crippen molar-refractivity contribution in [3.63, 3.8) is 0 Å². The van der Waals surface area contributed by atoms with Crippen molar-refractivity contribution in [1.82, 2.24) is 0 Å². The molecule has 90 valence electrons. The summed E-state index contributed by atoms with van der Waals surface area (Å²) in [6.45, 7) is 31.5. The molecular formula is C15H25Sb. The van der Waals surface area contributed by atoms with Crippen LogP contribution in [-0.4, -0.2) is 17.4 Å². The van der Waals surface area contributed by atoms with Crippen LogP contribution in [0, 0.1) is 0 Å². The van der Waals surface area contributed by atoms with Crippen LogP contribution >= 0.6 is 0 Å². The first kappa shape index (κ1) is 15.5. The molecule has 0 heterocycles. The summed E-state index contributed by atoms with van der Waals surface area (Å²) in [6, 6.07) is 0. The van der Waals surface area contributed by atoms with E-state index < -0.39 is 17.4 Å². The van der Waals surface area contributed by atoms with Crippen LogP contribution in [0.5, 0.6) is 0 Å². The summed E-state index contributed by atoms with van der Waals surface area (Å²) in [4.78, 5) is 0. The predicted molar refractivity (Wildman–Crippen MR) is 79.8 cm³/mol. The fourth-order valence-corrected chi connectivity index (χ4v) is 21.9. The van der Waals surface area contributed by atoms with Gasteiger partial charge in [0.1, 0.15) is 0 Å². The van der Waals surface area contributed by atoms with Crippen LogP contribution in [-0.2, 0) is 0 Å². The molecule has 0 N–H and O–H groups in total. The maximum atomic E-state index is 4.23. The van der Waals surface area contributed by atoms with Crippen LogP contribution in [0.4, 0.5) is 0 Å². The van der Waals surface area contributed by atoms with Crippen LogP contribution in [0.25, 0.3) is 0 Å². The molecule has 0 amide bonds. The number of allylic oxidation sites excluding steroid dienone is 5. The van der Waals surface area contributed by atoms with Gasteiger partial charge in [-0.2, -0.15) is 0 Å². The van der Waals surface area contributed by atoms with E-state index in [-0.39, 0.29) is 0 Å². The minimum absolute atomic E-state index is 1.16. The SMILES string of the molecule is C=[C](C)[Sb]([C](=C)C)([C](=C)C)([C](=C)C)[C](=C)C. The quantitative estimate of drug-likeness (QED) is 0.626. The van der Waals surface area contributed by atoms with E-state index in [4.69, 9.17) is 0 Å². The number of hydrogen-bond acceptors (Lipinski definition) is 0. The molecule has 0 aromatic carbocycles. The summed E-state index contributed by atoms with van der Waals surface area (Å²) in [5.41, 5.74) is 0. The van der Waals surface area contributed by atoms with Crippen molar-refractivity contribution in [2.45, 2.75) is 34.6 Å². The van der Waals surface area contributed by atoms with Gasteiger partial charge in [0, 0.05) is 0 Å². The van der Waals surface area contributed by atoms with Crippen molar-refractivity contribution in [2.75, 3.05) is 0 Å². The Morgan fingerprint density at radius 1 is 0.500 bits per heavy atom. The zero-order valence-electron chi connectivity index (χ0n) is 11.5. The summed E-state index contributed by atoms with van der Waals surface area (Å²) in [5, 5.41) is 0. The molecule has 0 aliphatic rings. The average molecular weight is 327 g/mol. The summed E-state index contributed by atoms with van der Waals surface area (Å²) in [6.07, 6.45) is 0. The predicted octanol–water partition coefficient (Wildman–Crippen LogP) is 4.97. The first-order chi connectivity index (χ1) is 7.06. The molecule has 0 unspecified atom stereocenters. The first-order valence-electron chi connectivity index (χ1n) is 5.39. The zero-order chi connectivity index (χ0) is 13.3. The van der Waals surface area contributed by atoms with E-state index in [1.165, 1.54) is 0 Å². The average Bonchev–Trinajstić information content (AvgIpc) is 2.00. The third kappa shape index (κ3) is 1.36. The van der Waals surface area contributed by atoms with Gasteiger partial charge in [-0.05, 0) is 0 Å². The summed E-state index contributed by atoms with van der Waals surface area (Å²) in [5.74, 6) is 0. The van der Waals surface area contributed by atoms with E-state index in [2.05, 4.69) is 67.5 Å². The van der Waals surface area contributed by atoms with Crippen LogP contribution < -0.4 is 0 Å². The Kier molecular flexibility index (Phi) is 4.28. The van der Waals surface area contributed by atoms with Gasteiger partial charge in [0.25, 0.3) is 0 Å². The van der Waals surface area contributed by atoms with Crippen molar-refractivity contribution in [3.05, 3.63) is 50.5 Å². The van der Waals surface area contributed by atoms with Gasteiger partial charge in [0.2, 0.25) is 0 Å². The van der Waals surface area contributed by atoms with Crippen molar-refractivity contribution < 1.29 is 0 Å². The summed E-state index contributed by atoms with van der Waals surface area (Å²) in [7, 11) is 0. The van der Waals surface area contributed by atoms with E-state index in [9.17, 15) is 0 Å². The van der Waals surface area contributed by atoms with Gasteiger partial charge < -0.3 is 0 Å². The Bertz CT molecular complexity index is 308. The topological polar surface area (TPSA) is 0 Å². The monoisotopic (exact) mass is 326 g/mol. The molecule has 0 saturated carbocycles. The van der Waals surface area contributed by atoms with E-state index in [0.717, 1.165) is 17.6 Å². The molecular weight excluding hydrogens is 302 g/mol. The molecule has 0 aromatic rings. The molecule has 0 bridgehead atoms. The van der Waals surface area contributed by atoms with Crippen molar-refractivity contribution in [3.8, 4) is 0 Å². The normalized spacial score (nSPS) is 13.4. The molecule has 1 heteroatoms. The fraction of sp³-hybridized carbons (Fsp3) is 0.333. The zero-order valence-corrected chi connectivity index (χ0v) is 14.0. The van der Waals surface area contributed by atoms with Gasteiger partial charge in [0.05, 0.1) is 0 Å². The van der Waals surface area contributed by atoms with Crippen molar-refractivity contribution >= 4 is 17.4 Å². The van der Waals surface area contributed by atoms with Crippen LogP contribution in [0.2, 0.25) is 0 Å². The molecule has 0 aromatic heterocycles. The van der Waals surface area contributed by atoms with Crippen molar-refractivity contribution in [2.24, 2.45) is 0 Å². The molecule has 16 heavy (non-hydrogen) atoms. The Hall–Kier alpha value is -0.482.